The Hall–Kier alpha value is -1.51. The topological polar surface area (TPSA) is 66.4 Å². The van der Waals surface area contributed by atoms with Crippen molar-refractivity contribution in [1.29, 1.82) is 0 Å². The minimum absolute atomic E-state index is 0.0358. The van der Waals surface area contributed by atoms with Crippen molar-refractivity contribution in [2.45, 2.75) is 11.5 Å². The highest BCUT2D eigenvalue weighted by molar-refractivity contribution is 7.92. The highest BCUT2D eigenvalue weighted by Gasteiger charge is 2.17. The Morgan fingerprint density at radius 2 is 1.95 bits per heavy atom. The van der Waals surface area contributed by atoms with E-state index in [0.29, 0.717) is 4.88 Å². The summed E-state index contributed by atoms with van der Waals surface area (Å²) in [6.07, 6.45) is 0. The average Bonchev–Trinajstić information content (AvgIpc) is 2.83. The van der Waals surface area contributed by atoms with Gasteiger partial charge >= 0.3 is 0 Å². The third kappa shape index (κ3) is 3.09. The molecule has 0 atom stereocenters. The van der Waals surface area contributed by atoms with Crippen LogP contribution in [-0.2, 0) is 16.6 Å². The van der Waals surface area contributed by atoms with Crippen LogP contribution in [0.2, 0.25) is 0 Å². The second-order valence-corrected chi connectivity index (χ2v) is 6.32. The number of aliphatic hydroxyl groups excluding tert-OH is 1. The maximum absolute atomic E-state index is 13.0. The predicted octanol–water partition coefficient (Wildman–Crippen LogP) is 2.32. The first kappa shape index (κ1) is 13.9. The van der Waals surface area contributed by atoms with E-state index in [1.54, 1.807) is 0 Å². The molecule has 19 heavy (non-hydrogen) atoms. The third-order valence-corrected chi connectivity index (χ3v) is 4.70. The summed E-state index contributed by atoms with van der Waals surface area (Å²) < 4.78 is 51.7. The van der Waals surface area contributed by atoms with Crippen molar-refractivity contribution in [2.24, 2.45) is 0 Å². The van der Waals surface area contributed by atoms with E-state index in [4.69, 9.17) is 5.11 Å². The largest absolute Gasteiger partial charge is 0.391 e. The standard InChI is InChI=1S/C11H9F2NO3S2/c12-10-2-1-7(3-11(10)13)14-19(16,17)9-4-8(5-15)18-6-9/h1-4,6,14-15H,5H2. The van der Waals surface area contributed by atoms with E-state index < -0.39 is 21.7 Å². The van der Waals surface area contributed by atoms with Gasteiger partial charge in [0, 0.05) is 16.3 Å². The van der Waals surface area contributed by atoms with E-state index in [9.17, 15) is 17.2 Å². The summed E-state index contributed by atoms with van der Waals surface area (Å²) in [5, 5.41) is 10.2. The number of benzene rings is 1. The van der Waals surface area contributed by atoms with Gasteiger partial charge in [-0.1, -0.05) is 0 Å². The van der Waals surface area contributed by atoms with Gasteiger partial charge in [0.05, 0.1) is 17.2 Å². The Labute approximate surface area is 112 Å². The molecule has 0 unspecified atom stereocenters. The van der Waals surface area contributed by atoms with Gasteiger partial charge in [0.1, 0.15) is 0 Å². The summed E-state index contributed by atoms with van der Waals surface area (Å²) in [5.41, 5.74) is -0.0735. The van der Waals surface area contributed by atoms with Crippen LogP contribution in [0.5, 0.6) is 0 Å². The fourth-order valence-electron chi connectivity index (χ4n) is 1.36. The van der Waals surface area contributed by atoms with Crippen LogP contribution < -0.4 is 4.72 Å². The van der Waals surface area contributed by atoms with Crippen molar-refractivity contribution in [3.63, 3.8) is 0 Å². The highest BCUT2D eigenvalue weighted by Crippen LogP contribution is 2.22. The van der Waals surface area contributed by atoms with Crippen molar-refractivity contribution >= 4 is 27.0 Å². The molecule has 2 rings (SSSR count). The van der Waals surface area contributed by atoms with Gasteiger partial charge in [0.15, 0.2) is 11.6 Å². The molecule has 102 valence electrons. The van der Waals surface area contributed by atoms with Gasteiger partial charge in [-0.2, -0.15) is 0 Å². The zero-order valence-electron chi connectivity index (χ0n) is 9.43. The Balaban J connectivity index is 2.28. The van der Waals surface area contributed by atoms with Gasteiger partial charge in [-0.25, -0.2) is 17.2 Å². The van der Waals surface area contributed by atoms with Crippen LogP contribution in [0.3, 0.4) is 0 Å². The number of hydrogen-bond acceptors (Lipinski definition) is 4. The molecule has 0 radical (unpaired) electrons. The Morgan fingerprint density at radius 3 is 2.53 bits per heavy atom. The minimum atomic E-state index is -3.87. The van der Waals surface area contributed by atoms with Crippen LogP contribution in [-0.4, -0.2) is 13.5 Å². The van der Waals surface area contributed by atoms with Gasteiger partial charge < -0.3 is 5.11 Å². The second-order valence-electron chi connectivity index (χ2n) is 3.64. The van der Waals surface area contributed by atoms with Crippen LogP contribution >= 0.6 is 11.3 Å². The zero-order chi connectivity index (χ0) is 14.0. The molecule has 0 aliphatic carbocycles. The third-order valence-electron chi connectivity index (χ3n) is 2.27. The fourth-order valence-corrected chi connectivity index (χ4v) is 3.54. The number of halogens is 2. The highest BCUT2D eigenvalue weighted by atomic mass is 32.2. The number of aliphatic hydroxyl groups is 1. The summed E-state index contributed by atoms with van der Waals surface area (Å²) in [6, 6.07) is 4.02. The molecule has 0 spiro atoms. The van der Waals surface area contributed by atoms with Crippen LogP contribution in [0.25, 0.3) is 0 Å². The summed E-state index contributed by atoms with van der Waals surface area (Å²) in [7, 11) is -3.87. The molecule has 0 aliphatic rings. The monoisotopic (exact) mass is 305 g/mol. The van der Waals surface area contributed by atoms with E-state index in [1.807, 2.05) is 0 Å². The molecular formula is C11H9F2NO3S2. The molecule has 1 aromatic heterocycles. The van der Waals surface area contributed by atoms with Crippen molar-refractivity contribution in [3.8, 4) is 0 Å². The number of rotatable bonds is 4. The van der Waals surface area contributed by atoms with Gasteiger partial charge in [-0.3, -0.25) is 4.72 Å². The Bertz CT molecular complexity index is 698. The van der Waals surface area contributed by atoms with E-state index >= 15 is 0 Å². The van der Waals surface area contributed by atoms with Crippen LogP contribution in [0.1, 0.15) is 4.88 Å². The molecule has 0 bridgehead atoms. The van der Waals surface area contributed by atoms with E-state index in [1.165, 1.54) is 11.4 Å². The van der Waals surface area contributed by atoms with Crippen LogP contribution in [0, 0.1) is 11.6 Å². The molecular weight excluding hydrogens is 296 g/mol. The van der Waals surface area contributed by atoms with Gasteiger partial charge in [-0.05, 0) is 18.2 Å². The lowest BCUT2D eigenvalue weighted by atomic mass is 10.3. The Kier molecular flexibility index (Phi) is 3.83. The number of anilines is 1. The lowest BCUT2D eigenvalue weighted by Gasteiger charge is -2.06. The van der Waals surface area contributed by atoms with Crippen molar-refractivity contribution < 1.29 is 22.3 Å². The summed E-state index contributed by atoms with van der Waals surface area (Å²) in [5.74, 6) is -2.19. The van der Waals surface area contributed by atoms with Crippen LogP contribution in [0.15, 0.2) is 34.5 Å². The molecule has 8 heteroatoms. The van der Waals surface area contributed by atoms with E-state index in [-0.39, 0.29) is 17.2 Å². The van der Waals surface area contributed by atoms with Gasteiger partial charge in [0.25, 0.3) is 10.0 Å². The predicted molar refractivity (Wildman–Crippen MR) is 67.4 cm³/mol. The minimum Gasteiger partial charge on any atom is -0.391 e. The first-order valence-electron chi connectivity index (χ1n) is 5.08. The van der Waals surface area contributed by atoms with Crippen molar-refractivity contribution in [3.05, 3.63) is 46.2 Å². The fraction of sp³-hybridized carbons (Fsp3) is 0.0909. The molecule has 2 N–H and O–H groups in total. The molecule has 0 amide bonds. The molecule has 0 saturated carbocycles. The normalized spacial score (nSPS) is 11.5. The van der Waals surface area contributed by atoms with Crippen LogP contribution in [0.4, 0.5) is 14.5 Å². The maximum atomic E-state index is 13.0. The maximum Gasteiger partial charge on any atom is 0.262 e. The number of sulfonamides is 1. The first-order valence-corrected chi connectivity index (χ1v) is 7.45. The quantitative estimate of drug-likeness (QED) is 0.911. The molecule has 0 fully saturated rings. The lowest BCUT2D eigenvalue weighted by molar-refractivity contribution is 0.285. The summed E-state index contributed by atoms with van der Waals surface area (Å²) in [6.45, 7) is -0.259. The molecule has 0 saturated heterocycles. The molecule has 4 nitrogen and oxygen atoms in total. The molecule has 2 aromatic rings. The smallest absolute Gasteiger partial charge is 0.262 e. The first-order chi connectivity index (χ1) is 8.92. The molecule has 0 aliphatic heterocycles. The Morgan fingerprint density at radius 1 is 1.21 bits per heavy atom. The number of hydrogen-bond donors (Lipinski definition) is 2. The zero-order valence-corrected chi connectivity index (χ0v) is 11.1. The molecule has 1 aromatic carbocycles. The number of thiophene rings is 1. The molecule has 1 heterocycles. The summed E-state index contributed by atoms with van der Waals surface area (Å²) >= 11 is 1.09. The lowest BCUT2D eigenvalue weighted by Crippen LogP contribution is -2.12. The summed E-state index contributed by atoms with van der Waals surface area (Å²) in [4.78, 5) is 0.456. The average molecular weight is 305 g/mol. The second kappa shape index (κ2) is 5.24. The van der Waals surface area contributed by atoms with Crippen molar-refractivity contribution in [2.75, 3.05) is 4.72 Å². The van der Waals surface area contributed by atoms with E-state index in [0.717, 1.165) is 29.5 Å². The SMILES string of the molecule is O=S(=O)(Nc1ccc(F)c(F)c1)c1csc(CO)c1. The number of nitrogens with one attached hydrogen (secondary N) is 1. The van der Waals surface area contributed by atoms with Gasteiger partial charge in [0.2, 0.25) is 0 Å². The van der Waals surface area contributed by atoms with E-state index in [2.05, 4.69) is 4.72 Å². The van der Waals surface area contributed by atoms with Crippen molar-refractivity contribution in [1.82, 2.24) is 0 Å². The van der Waals surface area contributed by atoms with Gasteiger partial charge in [-0.15, -0.1) is 11.3 Å².